The molecular formula is C21H22N2O4. The van der Waals surface area contributed by atoms with Gasteiger partial charge in [-0.25, -0.2) is 4.79 Å². The van der Waals surface area contributed by atoms with Gasteiger partial charge in [0.25, 0.3) is 5.91 Å². The van der Waals surface area contributed by atoms with Gasteiger partial charge in [-0.2, -0.15) is 0 Å². The van der Waals surface area contributed by atoms with Gasteiger partial charge in [-0.1, -0.05) is 48.5 Å². The zero-order valence-electron chi connectivity index (χ0n) is 14.9. The van der Waals surface area contributed by atoms with Crippen LogP contribution in [0.2, 0.25) is 0 Å². The number of likely N-dealkylation sites (tertiary alicyclic amines) is 1. The average molecular weight is 366 g/mol. The lowest BCUT2D eigenvalue weighted by molar-refractivity contribution is -0.148. The molecule has 1 aliphatic rings. The highest BCUT2D eigenvalue weighted by molar-refractivity contribution is 5.98. The van der Waals surface area contributed by atoms with Gasteiger partial charge in [0.05, 0.1) is 0 Å². The lowest BCUT2D eigenvalue weighted by atomic mass is 10.0. The average Bonchev–Trinajstić information content (AvgIpc) is 3.18. The van der Waals surface area contributed by atoms with Gasteiger partial charge in [0.15, 0.2) is 0 Å². The van der Waals surface area contributed by atoms with E-state index in [1.54, 1.807) is 24.3 Å². The molecule has 2 amide bonds. The molecule has 0 aliphatic carbocycles. The second kappa shape index (κ2) is 8.49. The Balaban J connectivity index is 1.81. The van der Waals surface area contributed by atoms with Gasteiger partial charge in [-0.3, -0.25) is 9.59 Å². The summed E-state index contributed by atoms with van der Waals surface area (Å²) in [5.41, 5.74) is 1.36. The highest BCUT2D eigenvalue weighted by atomic mass is 16.4. The number of carboxylic acid groups (broad SMARTS) is 1. The predicted molar refractivity (Wildman–Crippen MR) is 100 cm³/mol. The molecule has 0 spiro atoms. The Labute approximate surface area is 157 Å². The maximum Gasteiger partial charge on any atom is 0.326 e. The number of hydrogen-bond donors (Lipinski definition) is 2. The van der Waals surface area contributed by atoms with E-state index in [9.17, 15) is 19.5 Å². The first-order chi connectivity index (χ1) is 13.1. The van der Waals surface area contributed by atoms with E-state index in [2.05, 4.69) is 5.32 Å². The van der Waals surface area contributed by atoms with Crippen LogP contribution in [-0.2, 0) is 16.0 Å². The predicted octanol–water partition coefficient (Wildman–Crippen LogP) is 2.10. The number of carbonyl (C=O) groups is 3. The van der Waals surface area contributed by atoms with E-state index < -0.39 is 18.1 Å². The molecule has 0 radical (unpaired) electrons. The third kappa shape index (κ3) is 4.53. The molecule has 2 atom stereocenters. The van der Waals surface area contributed by atoms with Crippen LogP contribution in [0.25, 0.3) is 0 Å². The minimum Gasteiger partial charge on any atom is -0.480 e. The van der Waals surface area contributed by atoms with Crippen LogP contribution in [0.15, 0.2) is 60.7 Å². The molecule has 6 nitrogen and oxygen atoms in total. The molecule has 2 aromatic carbocycles. The van der Waals surface area contributed by atoms with Crippen molar-refractivity contribution in [2.45, 2.75) is 31.3 Å². The summed E-state index contributed by atoms with van der Waals surface area (Å²) in [4.78, 5) is 38.5. The number of rotatable bonds is 6. The topological polar surface area (TPSA) is 86.7 Å². The van der Waals surface area contributed by atoms with Gasteiger partial charge < -0.3 is 15.3 Å². The van der Waals surface area contributed by atoms with Crippen LogP contribution in [0.3, 0.4) is 0 Å². The molecule has 27 heavy (non-hydrogen) atoms. The monoisotopic (exact) mass is 366 g/mol. The number of nitrogens with one attached hydrogen (secondary N) is 1. The summed E-state index contributed by atoms with van der Waals surface area (Å²) in [7, 11) is 0. The van der Waals surface area contributed by atoms with Gasteiger partial charge in [-0.15, -0.1) is 0 Å². The van der Waals surface area contributed by atoms with E-state index in [1.165, 1.54) is 4.90 Å². The molecule has 1 fully saturated rings. The van der Waals surface area contributed by atoms with Crippen molar-refractivity contribution in [1.82, 2.24) is 10.2 Å². The van der Waals surface area contributed by atoms with Crippen molar-refractivity contribution in [3.63, 3.8) is 0 Å². The molecule has 0 aromatic heterocycles. The second-order valence-corrected chi connectivity index (χ2v) is 6.61. The van der Waals surface area contributed by atoms with E-state index in [1.807, 2.05) is 36.4 Å². The fourth-order valence-electron chi connectivity index (χ4n) is 3.37. The fourth-order valence-corrected chi connectivity index (χ4v) is 3.37. The van der Waals surface area contributed by atoms with Crippen molar-refractivity contribution < 1.29 is 19.5 Å². The quantitative estimate of drug-likeness (QED) is 0.820. The minimum absolute atomic E-state index is 0.307. The SMILES string of the molecule is O=C(N[C@H](Cc1ccccc1)C(=O)N1CCC[C@H]1C(=O)O)c1ccccc1. The lowest BCUT2D eigenvalue weighted by Crippen LogP contribution is -2.52. The van der Waals surface area contributed by atoms with Crippen molar-refractivity contribution in [2.24, 2.45) is 0 Å². The van der Waals surface area contributed by atoms with Crippen LogP contribution in [0, 0.1) is 0 Å². The smallest absolute Gasteiger partial charge is 0.326 e. The number of nitrogens with zero attached hydrogens (tertiary/aromatic N) is 1. The van der Waals surface area contributed by atoms with Gasteiger partial charge in [-0.05, 0) is 30.5 Å². The first kappa shape index (κ1) is 18.6. The highest BCUT2D eigenvalue weighted by Gasteiger charge is 2.37. The molecule has 0 bridgehead atoms. The minimum atomic E-state index is -1.01. The van der Waals surface area contributed by atoms with Gasteiger partial charge in [0.1, 0.15) is 12.1 Å². The number of amides is 2. The number of carboxylic acids is 1. The van der Waals surface area contributed by atoms with Crippen LogP contribution in [0.5, 0.6) is 0 Å². The number of carbonyl (C=O) groups excluding carboxylic acids is 2. The molecule has 140 valence electrons. The van der Waals surface area contributed by atoms with Gasteiger partial charge in [0.2, 0.25) is 5.91 Å². The normalized spacial score (nSPS) is 17.3. The summed E-state index contributed by atoms with van der Waals surface area (Å²) in [6, 6.07) is 16.4. The maximum atomic E-state index is 13.1. The van der Waals surface area contributed by atoms with Crippen LogP contribution in [0.4, 0.5) is 0 Å². The van der Waals surface area contributed by atoms with E-state index in [-0.39, 0.29) is 11.8 Å². The molecule has 6 heteroatoms. The summed E-state index contributed by atoms with van der Waals surface area (Å²) < 4.78 is 0. The zero-order chi connectivity index (χ0) is 19.2. The Morgan fingerprint density at radius 1 is 1.04 bits per heavy atom. The molecule has 2 N–H and O–H groups in total. The molecular weight excluding hydrogens is 344 g/mol. The van der Waals surface area contributed by atoms with Crippen molar-refractivity contribution in [3.05, 3.63) is 71.8 Å². The van der Waals surface area contributed by atoms with Gasteiger partial charge in [0, 0.05) is 18.5 Å². The molecule has 2 aromatic rings. The van der Waals surface area contributed by atoms with Crippen LogP contribution in [-0.4, -0.2) is 46.4 Å². The summed E-state index contributed by atoms with van der Waals surface area (Å²) in [5, 5.41) is 12.2. The number of aliphatic carboxylic acids is 1. The Kier molecular flexibility index (Phi) is 5.86. The summed E-state index contributed by atoms with van der Waals surface area (Å²) >= 11 is 0. The second-order valence-electron chi connectivity index (χ2n) is 6.61. The van der Waals surface area contributed by atoms with E-state index >= 15 is 0 Å². The molecule has 1 heterocycles. The van der Waals surface area contributed by atoms with Crippen molar-refractivity contribution in [2.75, 3.05) is 6.54 Å². The Morgan fingerprint density at radius 2 is 1.67 bits per heavy atom. The summed E-state index contributed by atoms with van der Waals surface area (Å²) in [6.45, 7) is 0.391. The zero-order valence-corrected chi connectivity index (χ0v) is 14.9. The third-order valence-corrected chi connectivity index (χ3v) is 4.74. The highest BCUT2D eigenvalue weighted by Crippen LogP contribution is 2.20. The summed E-state index contributed by atoms with van der Waals surface area (Å²) in [6.07, 6.45) is 1.39. The van der Waals surface area contributed by atoms with Crippen LogP contribution in [0.1, 0.15) is 28.8 Å². The summed E-state index contributed by atoms with van der Waals surface area (Å²) in [5.74, 6) is -1.71. The largest absolute Gasteiger partial charge is 0.480 e. The van der Waals surface area contributed by atoms with Crippen molar-refractivity contribution in [3.8, 4) is 0 Å². The molecule has 1 aliphatic heterocycles. The fraction of sp³-hybridized carbons (Fsp3) is 0.286. The Hall–Kier alpha value is -3.15. The van der Waals surface area contributed by atoms with Gasteiger partial charge >= 0.3 is 5.97 Å². The van der Waals surface area contributed by atoms with Crippen LogP contribution < -0.4 is 5.32 Å². The Morgan fingerprint density at radius 3 is 2.30 bits per heavy atom. The molecule has 0 unspecified atom stereocenters. The van der Waals surface area contributed by atoms with Crippen LogP contribution >= 0.6 is 0 Å². The lowest BCUT2D eigenvalue weighted by Gasteiger charge is -2.27. The first-order valence-electron chi connectivity index (χ1n) is 8.99. The number of hydrogen-bond acceptors (Lipinski definition) is 3. The van der Waals surface area contributed by atoms with Crippen molar-refractivity contribution in [1.29, 1.82) is 0 Å². The maximum absolute atomic E-state index is 13.1. The van der Waals surface area contributed by atoms with E-state index in [0.717, 1.165) is 5.56 Å². The first-order valence-corrected chi connectivity index (χ1v) is 8.99. The standard InChI is InChI=1S/C21H22N2O4/c24-19(16-10-5-2-6-11-16)22-17(14-15-8-3-1-4-9-15)20(25)23-13-7-12-18(23)21(26)27/h1-6,8-11,17-18H,7,12-14H2,(H,22,24)(H,26,27)/t17-,18+/m1/s1. The molecule has 3 rings (SSSR count). The Bertz CT molecular complexity index is 807. The van der Waals surface area contributed by atoms with E-state index in [0.29, 0.717) is 31.4 Å². The van der Waals surface area contributed by atoms with E-state index in [4.69, 9.17) is 0 Å². The molecule has 1 saturated heterocycles. The van der Waals surface area contributed by atoms with Crippen molar-refractivity contribution >= 4 is 17.8 Å². The third-order valence-electron chi connectivity index (χ3n) is 4.74. The number of benzene rings is 2. The molecule has 0 saturated carbocycles.